The molecule has 2 aromatic heterocycles. The predicted molar refractivity (Wildman–Crippen MR) is 128 cm³/mol. The van der Waals surface area contributed by atoms with Crippen LogP contribution >= 0.6 is 0 Å². The fourth-order valence-corrected chi connectivity index (χ4v) is 5.18. The number of benzene rings is 5. The quantitative estimate of drug-likeness (QED) is 0.201. The molecule has 0 fully saturated rings. The fraction of sp³-hybridized carbons (Fsp3) is 0.0714. The Balaban J connectivity index is 1.74. The Morgan fingerprint density at radius 3 is 1.43 bits per heavy atom. The molecule has 0 N–H and O–H groups in total. The van der Waals surface area contributed by atoms with Crippen LogP contribution in [0.3, 0.4) is 0 Å². The normalized spacial score (nSPS) is 12.3. The number of aromatic nitrogens is 2. The Morgan fingerprint density at radius 2 is 0.967 bits per heavy atom. The van der Waals surface area contributed by atoms with Gasteiger partial charge in [-0.2, -0.15) is 0 Å². The van der Waals surface area contributed by atoms with Gasteiger partial charge in [0.15, 0.2) is 0 Å². The molecule has 0 atom stereocenters. The average Bonchev–Trinajstić information content (AvgIpc) is 2.77. The summed E-state index contributed by atoms with van der Waals surface area (Å²) in [5.74, 6) is 0. The van der Waals surface area contributed by atoms with Crippen molar-refractivity contribution < 1.29 is 0 Å². The molecule has 0 unspecified atom stereocenters. The molecule has 0 aliphatic carbocycles. The van der Waals surface area contributed by atoms with Gasteiger partial charge in [-0.25, -0.2) is 0 Å². The zero-order valence-electron chi connectivity index (χ0n) is 16.8. The molecule has 0 bridgehead atoms. The summed E-state index contributed by atoms with van der Waals surface area (Å²) in [5, 5.41) is 12.4. The summed E-state index contributed by atoms with van der Waals surface area (Å²) in [7, 11) is 0. The molecular formula is C28H18N2. The van der Waals surface area contributed by atoms with Gasteiger partial charge in [0.25, 0.3) is 0 Å². The van der Waals surface area contributed by atoms with E-state index in [1.807, 2.05) is 12.4 Å². The van der Waals surface area contributed by atoms with Gasteiger partial charge in [0.05, 0.1) is 11.0 Å². The standard InChI is InChI=1S/C28H18N2/c1-15-13-29-27-23-11-20-10-18-6-4-8-22-16(2)14-30-28(26(18)22)24(20)12-19(23)9-17-5-3-7-21(15)25(17)27/h3-14H,1-2H3. The van der Waals surface area contributed by atoms with Crippen LogP contribution in [0.4, 0.5) is 0 Å². The molecule has 5 aromatic carbocycles. The number of nitrogens with zero attached hydrogens (tertiary/aromatic N) is 2. The van der Waals surface area contributed by atoms with E-state index >= 15 is 0 Å². The number of pyridine rings is 2. The lowest BCUT2D eigenvalue weighted by atomic mass is 9.92. The third-order valence-electron chi connectivity index (χ3n) is 6.65. The maximum Gasteiger partial charge on any atom is 0.0792 e. The minimum Gasteiger partial charge on any atom is -0.255 e. The van der Waals surface area contributed by atoms with E-state index in [0.717, 1.165) is 11.0 Å². The van der Waals surface area contributed by atoms with Crippen molar-refractivity contribution in [1.82, 2.24) is 9.97 Å². The number of rotatable bonds is 0. The van der Waals surface area contributed by atoms with E-state index in [1.54, 1.807) is 0 Å². The molecule has 140 valence electrons. The van der Waals surface area contributed by atoms with Crippen LogP contribution in [0.2, 0.25) is 0 Å². The molecule has 2 nitrogen and oxygen atoms in total. The first-order valence-corrected chi connectivity index (χ1v) is 10.3. The lowest BCUT2D eigenvalue weighted by molar-refractivity contribution is 1.36. The molecule has 0 radical (unpaired) electrons. The minimum atomic E-state index is 1.08. The highest BCUT2D eigenvalue weighted by Crippen LogP contribution is 2.39. The number of aryl methyl sites for hydroxylation is 2. The molecule has 0 saturated carbocycles. The Bertz CT molecular complexity index is 1680. The van der Waals surface area contributed by atoms with Crippen molar-refractivity contribution in [3.05, 3.63) is 84.2 Å². The zero-order chi connectivity index (χ0) is 20.0. The summed E-state index contributed by atoms with van der Waals surface area (Å²) in [6.07, 6.45) is 4.00. The van der Waals surface area contributed by atoms with Crippen LogP contribution in [0, 0.1) is 13.8 Å². The Labute approximate surface area is 173 Å². The highest BCUT2D eigenvalue weighted by Gasteiger charge is 2.14. The van der Waals surface area contributed by atoms with E-state index in [4.69, 9.17) is 9.97 Å². The third-order valence-corrected chi connectivity index (χ3v) is 6.65. The molecule has 7 aromatic rings. The van der Waals surface area contributed by atoms with Crippen LogP contribution < -0.4 is 0 Å². The first-order valence-electron chi connectivity index (χ1n) is 10.3. The van der Waals surface area contributed by atoms with Crippen LogP contribution in [-0.2, 0) is 0 Å². The molecule has 0 spiro atoms. The van der Waals surface area contributed by atoms with E-state index in [0.29, 0.717) is 0 Å². The maximum atomic E-state index is 4.87. The van der Waals surface area contributed by atoms with Gasteiger partial charge >= 0.3 is 0 Å². The largest absolute Gasteiger partial charge is 0.255 e. The van der Waals surface area contributed by atoms with Gasteiger partial charge in [0.2, 0.25) is 0 Å². The molecule has 0 aliphatic heterocycles. The van der Waals surface area contributed by atoms with Crippen LogP contribution in [0.25, 0.3) is 64.9 Å². The molecule has 0 saturated heterocycles. The summed E-state index contributed by atoms with van der Waals surface area (Å²) >= 11 is 0. The highest BCUT2D eigenvalue weighted by atomic mass is 14.7. The van der Waals surface area contributed by atoms with Gasteiger partial charge in [-0.3, -0.25) is 9.97 Å². The van der Waals surface area contributed by atoms with Crippen molar-refractivity contribution >= 4 is 64.9 Å². The lowest BCUT2D eigenvalue weighted by Crippen LogP contribution is -1.91. The zero-order valence-corrected chi connectivity index (χ0v) is 16.8. The molecule has 7 rings (SSSR count). The Hall–Kier alpha value is -3.78. The van der Waals surface area contributed by atoms with Gasteiger partial charge in [0.1, 0.15) is 0 Å². The van der Waals surface area contributed by atoms with Crippen LogP contribution in [0.1, 0.15) is 11.1 Å². The molecule has 2 heterocycles. The van der Waals surface area contributed by atoms with E-state index in [-0.39, 0.29) is 0 Å². The van der Waals surface area contributed by atoms with E-state index in [1.165, 1.54) is 65.0 Å². The topological polar surface area (TPSA) is 25.8 Å². The predicted octanol–water partition coefficient (Wildman–Crippen LogP) is 7.45. The summed E-state index contributed by atoms with van der Waals surface area (Å²) < 4.78 is 0. The first-order chi connectivity index (χ1) is 14.7. The van der Waals surface area contributed by atoms with Crippen LogP contribution in [0.15, 0.2) is 73.1 Å². The van der Waals surface area contributed by atoms with Crippen molar-refractivity contribution in [2.24, 2.45) is 0 Å². The lowest BCUT2D eigenvalue weighted by Gasteiger charge is -2.14. The first kappa shape index (κ1) is 16.1. The van der Waals surface area contributed by atoms with Crippen molar-refractivity contribution in [2.75, 3.05) is 0 Å². The maximum absolute atomic E-state index is 4.87. The van der Waals surface area contributed by atoms with Gasteiger partial charge in [0, 0.05) is 33.9 Å². The van der Waals surface area contributed by atoms with Gasteiger partial charge in [-0.05, 0) is 81.6 Å². The summed E-state index contributed by atoms with van der Waals surface area (Å²) in [5.41, 5.74) is 4.61. The second kappa shape index (κ2) is 5.43. The Kier molecular flexibility index (Phi) is 2.91. The summed E-state index contributed by atoms with van der Waals surface area (Å²) in [6.45, 7) is 4.27. The van der Waals surface area contributed by atoms with Crippen molar-refractivity contribution in [3.63, 3.8) is 0 Å². The minimum absolute atomic E-state index is 1.08. The fourth-order valence-electron chi connectivity index (χ4n) is 5.18. The number of fused-ring (bicyclic) bond motifs is 4. The highest BCUT2D eigenvalue weighted by molar-refractivity contribution is 6.26. The third kappa shape index (κ3) is 1.93. The second-order valence-corrected chi connectivity index (χ2v) is 8.43. The van der Waals surface area contributed by atoms with Crippen LogP contribution in [0.5, 0.6) is 0 Å². The van der Waals surface area contributed by atoms with E-state index in [9.17, 15) is 0 Å². The molecular weight excluding hydrogens is 364 g/mol. The van der Waals surface area contributed by atoms with Crippen molar-refractivity contribution in [2.45, 2.75) is 13.8 Å². The number of hydrogen-bond donors (Lipinski definition) is 0. The number of hydrogen-bond acceptors (Lipinski definition) is 2. The van der Waals surface area contributed by atoms with Gasteiger partial charge in [-0.15, -0.1) is 0 Å². The van der Waals surface area contributed by atoms with E-state index < -0.39 is 0 Å². The average molecular weight is 382 g/mol. The van der Waals surface area contributed by atoms with Crippen molar-refractivity contribution in [3.8, 4) is 0 Å². The SMILES string of the molecule is Cc1cnc2c3cc4cc5cccc6c(C)cnc(c4cc3cc3cccc1c32)c56. The van der Waals surface area contributed by atoms with Gasteiger partial charge in [-0.1, -0.05) is 36.4 Å². The molecule has 0 aliphatic rings. The summed E-state index contributed by atoms with van der Waals surface area (Å²) in [4.78, 5) is 9.74. The van der Waals surface area contributed by atoms with Crippen LogP contribution in [-0.4, -0.2) is 9.97 Å². The molecule has 30 heavy (non-hydrogen) atoms. The second-order valence-electron chi connectivity index (χ2n) is 8.43. The smallest absolute Gasteiger partial charge is 0.0792 e. The monoisotopic (exact) mass is 382 g/mol. The Morgan fingerprint density at radius 1 is 0.500 bits per heavy atom. The molecule has 2 heteroatoms. The van der Waals surface area contributed by atoms with Crippen molar-refractivity contribution in [1.29, 1.82) is 0 Å². The molecule has 0 amide bonds. The van der Waals surface area contributed by atoms with E-state index in [2.05, 4.69) is 74.5 Å². The summed E-state index contributed by atoms with van der Waals surface area (Å²) in [6, 6.07) is 22.3. The van der Waals surface area contributed by atoms with Gasteiger partial charge < -0.3 is 0 Å².